The molecule has 57 heavy (non-hydrogen) atoms. The monoisotopic (exact) mass is 784 g/mol. The first-order valence-electron chi connectivity index (χ1n) is 20.9. The van der Waals surface area contributed by atoms with Gasteiger partial charge in [0, 0.05) is 12.2 Å². The molecule has 0 aliphatic rings. The molecule has 0 saturated carbocycles. The Bertz CT molecular complexity index is 1550. The van der Waals surface area contributed by atoms with Crippen molar-refractivity contribution in [2.24, 2.45) is 0 Å². The summed E-state index contributed by atoms with van der Waals surface area (Å²) < 4.78 is 32.5. The van der Waals surface area contributed by atoms with E-state index in [0.29, 0.717) is 37.7 Å². The summed E-state index contributed by atoms with van der Waals surface area (Å²) in [6.45, 7) is 8.92. The van der Waals surface area contributed by atoms with E-state index in [0.717, 1.165) is 74.5 Å². The Balaban J connectivity index is 1.18. The lowest BCUT2D eigenvalue weighted by molar-refractivity contribution is -0.150. The first-order chi connectivity index (χ1) is 28.0. The minimum atomic E-state index is -0.462. The van der Waals surface area contributed by atoms with Crippen molar-refractivity contribution in [1.82, 2.24) is 0 Å². The summed E-state index contributed by atoms with van der Waals surface area (Å²) >= 11 is 0. The minimum Gasteiger partial charge on any atom is -0.494 e. The van der Waals surface area contributed by atoms with Gasteiger partial charge in [-0.15, -0.1) is 0 Å². The average molecular weight is 785 g/mol. The van der Waals surface area contributed by atoms with Crippen LogP contribution in [-0.4, -0.2) is 44.5 Å². The Hall–Kier alpha value is -4.89. The number of carbonyl (C=O) groups is 3. The lowest BCUT2D eigenvalue weighted by Gasteiger charge is -2.10. The Morgan fingerprint density at radius 3 is 1.49 bits per heavy atom. The van der Waals surface area contributed by atoms with Crippen LogP contribution in [0, 0.1) is 0 Å². The molecule has 0 unspecified atom stereocenters. The van der Waals surface area contributed by atoms with Gasteiger partial charge in [-0.05, 0) is 91.8 Å². The zero-order valence-corrected chi connectivity index (χ0v) is 33.9. The van der Waals surface area contributed by atoms with Gasteiger partial charge in [-0.25, -0.2) is 14.4 Å². The van der Waals surface area contributed by atoms with Gasteiger partial charge in [0.2, 0.25) is 0 Å². The zero-order chi connectivity index (χ0) is 40.6. The summed E-state index contributed by atoms with van der Waals surface area (Å²) in [4.78, 5) is 34.7. The van der Waals surface area contributed by atoms with Crippen LogP contribution in [0.3, 0.4) is 0 Å². The molecule has 0 radical (unpaired) electrons. The fourth-order valence-corrected chi connectivity index (χ4v) is 6.10. The van der Waals surface area contributed by atoms with Crippen molar-refractivity contribution in [2.75, 3.05) is 26.6 Å². The first-order valence-corrected chi connectivity index (χ1v) is 20.9. The highest BCUT2D eigenvalue weighted by molar-refractivity contribution is 5.91. The van der Waals surface area contributed by atoms with E-state index in [2.05, 4.69) is 13.2 Å². The van der Waals surface area contributed by atoms with Crippen molar-refractivity contribution < 1.29 is 42.8 Å². The minimum absolute atomic E-state index is 0.00849. The third-order valence-corrected chi connectivity index (χ3v) is 9.48. The summed E-state index contributed by atoms with van der Waals surface area (Å²) in [5, 5.41) is 0. The van der Waals surface area contributed by atoms with Gasteiger partial charge >= 0.3 is 17.9 Å². The Morgan fingerprint density at radius 2 is 0.912 bits per heavy atom. The summed E-state index contributed by atoms with van der Waals surface area (Å²) in [5.41, 5.74) is 2.73. The number of carbonyl (C=O) groups excluding carboxylic acids is 3. The van der Waals surface area contributed by atoms with Gasteiger partial charge in [0.05, 0.1) is 25.4 Å². The molecule has 0 aromatic heterocycles. The van der Waals surface area contributed by atoms with E-state index in [9.17, 15) is 14.4 Å². The van der Waals surface area contributed by atoms with E-state index in [1.165, 1.54) is 75.8 Å². The number of hydrogen-bond donors (Lipinski definition) is 0. The Kier molecular flexibility index (Phi) is 24.7. The number of esters is 3. The second-order valence-electron chi connectivity index (χ2n) is 14.2. The number of hydrogen-bond acceptors (Lipinski definition) is 9. The molecule has 9 nitrogen and oxygen atoms in total. The van der Waals surface area contributed by atoms with Crippen LogP contribution >= 0.6 is 0 Å². The van der Waals surface area contributed by atoms with E-state index < -0.39 is 5.97 Å². The summed E-state index contributed by atoms with van der Waals surface area (Å²) in [6, 6.07) is 22.8. The summed E-state index contributed by atoms with van der Waals surface area (Å²) in [7, 11) is 0. The van der Waals surface area contributed by atoms with Gasteiger partial charge in [-0.2, -0.15) is 0 Å². The first kappa shape index (κ1) is 46.5. The molecule has 310 valence electrons. The van der Waals surface area contributed by atoms with E-state index in [1.54, 1.807) is 12.1 Å². The Labute approximate surface area is 340 Å². The van der Waals surface area contributed by atoms with E-state index >= 15 is 0 Å². The topological polar surface area (TPSA) is 107 Å². The predicted molar refractivity (Wildman–Crippen MR) is 225 cm³/mol. The van der Waals surface area contributed by atoms with Crippen molar-refractivity contribution in [1.29, 1.82) is 0 Å². The number of rotatable bonds is 33. The molecule has 0 saturated heterocycles. The molecular formula is C48H64O9. The molecule has 0 amide bonds. The number of ether oxygens (including phenoxy) is 6. The van der Waals surface area contributed by atoms with Crippen LogP contribution in [0.1, 0.15) is 131 Å². The second kappa shape index (κ2) is 30.3. The maximum Gasteiger partial charge on any atom is 0.343 e. The van der Waals surface area contributed by atoms with Crippen LogP contribution in [-0.2, 0) is 36.8 Å². The van der Waals surface area contributed by atoms with Crippen LogP contribution in [0.25, 0.3) is 0 Å². The maximum atomic E-state index is 12.8. The van der Waals surface area contributed by atoms with Gasteiger partial charge in [-0.3, -0.25) is 0 Å². The van der Waals surface area contributed by atoms with Crippen LogP contribution in [0.4, 0.5) is 0 Å². The summed E-state index contributed by atoms with van der Waals surface area (Å²) in [6.07, 6.45) is 22.9. The highest BCUT2D eigenvalue weighted by atomic mass is 16.7. The van der Waals surface area contributed by atoms with E-state index in [1.807, 2.05) is 60.7 Å². The Morgan fingerprint density at radius 1 is 0.456 bits per heavy atom. The standard InChI is InChI=1S/C48H64O9/c1-3-46(49)54-37-21-17-13-8-5-7-12-16-20-36-53-43-31-33-44(34-32-43)55-38-41-25-29-45(30-26-41)57-48(51)42-27-23-40(24-28-42)22-18-14-10-6-9-11-15-19-35-52-39-56-47(50)4-2/h3-4,23-34H,1-2,5-22,35-39H2. The molecule has 0 spiro atoms. The number of unbranched alkanes of at least 4 members (excludes halogenated alkanes) is 15. The van der Waals surface area contributed by atoms with Gasteiger partial charge in [0.25, 0.3) is 0 Å². The van der Waals surface area contributed by atoms with Crippen molar-refractivity contribution in [3.63, 3.8) is 0 Å². The fraction of sp³-hybridized carbons (Fsp3) is 0.479. The number of benzene rings is 3. The molecule has 0 bridgehead atoms. The molecule has 0 heterocycles. The van der Waals surface area contributed by atoms with Crippen LogP contribution in [0.5, 0.6) is 17.2 Å². The molecule has 0 aliphatic heterocycles. The average Bonchev–Trinajstić information content (AvgIpc) is 3.24. The summed E-state index contributed by atoms with van der Waals surface area (Å²) in [5.74, 6) is 0.914. The number of aryl methyl sites for hydroxylation is 1. The van der Waals surface area contributed by atoms with Crippen LogP contribution in [0.2, 0.25) is 0 Å². The van der Waals surface area contributed by atoms with Crippen molar-refractivity contribution in [3.8, 4) is 17.2 Å². The van der Waals surface area contributed by atoms with Crippen LogP contribution < -0.4 is 14.2 Å². The van der Waals surface area contributed by atoms with Gasteiger partial charge < -0.3 is 28.4 Å². The molecule has 9 heteroatoms. The third kappa shape index (κ3) is 22.4. The highest BCUT2D eigenvalue weighted by Crippen LogP contribution is 2.21. The lowest BCUT2D eigenvalue weighted by atomic mass is 10.0. The highest BCUT2D eigenvalue weighted by Gasteiger charge is 2.09. The largest absolute Gasteiger partial charge is 0.494 e. The molecule has 3 aromatic rings. The zero-order valence-electron chi connectivity index (χ0n) is 33.9. The predicted octanol–water partition coefficient (Wildman–Crippen LogP) is 11.5. The van der Waals surface area contributed by atoms with Crippen molar-refractivity contribution in [3.05, 3.63) is 115 Å². The van der Waals surface area contributed by atoms with E-state index in [-0.39, 0.29) is 18.7 Å². The molecule has 0 fully saturated rings. The lowest BCUT2D eigenvalue weighted by Crippen LogP contribution is -2.08. The third-order valence-electron chi connectivity index (χ3n) is 9.48. The van der Waals surface area contributed by atoms with Crippen LogP contribution in [0.15, 0.2) is 98.1 Å². The maximum absolute atomic E-state index is 12.8. The molecule has 0 atom stereocenters. The molecule has 3 aromatic carbocycles. The van der Waals surface area contributed by atoms with Crippen molar-refractivity contribution in [2.45, 2.75) is 122 Å². The van der Waals surface area contributed by atoms with Gasteiger partial charge in [0.1, 0.15) is 23.9 Å². The molecule has 0 N–H and O–H groups in total. The normalized spacial score (nSPS) is 10.7. The van der Waals surface area contributed by atoms with Crippen molar-refractivity contribution >= 4 is 17.9 Å². The molecular weight excluding hydrogens is 721 g/mol. The van der Waals surface area contributed by atoms with Gasteiger partial charge in [0.15, 0.2) is 6.79 Å². The second-order valence-corrected chi connectivity index (χ2v) is 14.2. The molecule has 0 aliphatic carbocycles. The smallest absolute Gasteiger partial charge is 0.343 e. The fourth-order valence-electron chi connectivity index (χ4n) is 6.10. The quantitative estimate of drug-likeness (QED) is 0.0196. The molecule has 3 rings (SSSR count). The van der Waals surface area contributed by atoms with E-state index in [4.69, 9.17) is 28.4 Å². The van der Waals surface area contributed by atoms with Gasteiger partial charge in [-0.1, -0.05) is 121 Å². The SMILES string of the molecule is C=CC(=O)OCCCCCCCCCCCOc1ccc(OCc2ccc(OC(=O)c3ccc(CCCCCCCCCCOCOC(=O)C=C)cc3)cc2)cc1.